The van der Waals surface area contributed by atoms with Crippen LogP contribution in [0.4, 0.5) is 92.2 Å². The number of alkyl halides is 21. The third-order valence-electron chi connectivity index (χ3n) is 6.77. The Labute approximate surface area is 355 Å². The predicted molar refractivity (Wildman–Crippen MR) is 150 cm³/mol. The van der Waals surface area contributed by atoms with Gasteiger partial charge in [0, 0.05) is 16.2 Å². The van der Waals surface area contributed by atoms with Crippen LogP contribution in [0.2, 0.25) is 0 Å². The fourth-order valence-corrected chi connectivity index (χ4v) is 2.63. The topological polar surface area (TPSA) is 102 Å². The molecule has 0 aliphatic carbocycles. The first-order valence-corrected chi connectivity index (χ1v) is 14.8. The summed E-state index contributed by atoms with van der Waals surface area (Å²) in [6, 6.07) is 0. The summed E-state index contributed by atoms with van der Waals surface area (Å²) in [7, 11) is 0. The van der Waals surface area contributed by atoms with Gasteiger partial charge >= 0.3 is 103 Å². The summed E-state index contributed by atoms with van der Waals surface area (Å²) >= 11 is 0. The molecule has 28 heteroatoms. The number of ketones is 6. The van der Waals surface area contributed by atoms with Gasteiger partial charge in [-0.1, -0.05) is 62.3 Å². The predicted octanol–water partition coefficient (Wildman–Crippen LogP) is 10.2. The molecule has 0 saturated heterocycles. The summed E-state index contributed by atoms with van der Waals surface area (Å²) in [6.07, 6.45) is -24.8. The van der Waals surface area contributed by atoms with Gasteiger partial charge in [0.2, 0.25) is 17.3 Å². The largest absolute Gasteiger partial charge is 2.00 e. The Kier molecular flexibility index (Phi) is 21.1. The molecule has 6 nitrogen and oxygen atoms in total. The van der Waals surface area contributed by atoms with Crippen LogP contribution >= 0.6 is 0 Å². The molecule has 0 aromatic carbocycles. The number of halogens is 21. The van der Waals surface area contributed by atoms with Crippen molar-refractivity contribution >= 4 is 34.7 Å². The average molecular weight is 1040 g/mol. The molecule has 0 heterocycles. The summed E-state index contributed by atoms with van der Waals surface area (Å²) < 4.78 is 258. The summed E-state index contributed by atoms with van der Waals surface area (Å²) in [5.74, 6) is -49.2. The van der Waals surface area contributed by atoms with Gasteiger partial charge in [-0.3, -0.25) is 28.8 Å². The molecule has 0 aromatic rings. The fourth-order valence-electron chi connectivity index (χ4n) is 2.63. The maximum absolute atomic E-state index is 12.9. The molecule has 58 heavy (non-hydrogen) atoms. The van der Waals surface area contributed by atoms with Crippen molar-refractivity contribution in [1.29, 1.82) is 0 Å². The third-order valence-corrected chi connectivity index (χ3v) is 6.77. The van der Waals surface area contributed by atoms with Crippen molar-refractivity contribution in [2.45, 2.75) is 136 Å². The summed E-state index contributed by atoms with van der Waals surface area (Å²) in [6.45, 7) is 10.9. The van der Waals surface area contributed by atoms with Crippen LogP contribution in [-0.2, 0) is 28.8 Å². The van der Waals surface area contributed by atoms with Crippen LogP contribution in [0.1, 0.15) is 81.6 Å². The molecular weight excluding hydrogens is 1010 g/mol. The Balaban J connectivity index is -0.000000374. The second kappa shape index (κ2) is 19.5. The number of hydrogen-bond acceptors (Lipinski definition) is 6. The van der Waals surface area contributed by atoms with Crippen molar-refractivity contribution in [3.63, 3.8) is 0 Å². The number of carbonyl (C=O) groups excluding carboxylic acids is 6. The number of Topliss-reactive ketones (excluding diaryl/α,β-unsaturated/α-hetero) is 6. The zero-order valence-electron chi connectivity index (χ0n) is 30.9. The SMILES string of the molecule is CC(C)(C)C(=O)CC(=O)C(F)(F)C(F)(F)C(F)(F)F.CC(C)(C)C(=O)CC(=O)C(F)(F)C(F)(F)C(F)(F)F.CC(C)(C)C(=O)CC(=O)C(F)(F)C(F)(F)C(F)(F)F.[Eu+2]. The third kappa shape index (κ3) is 15.2. The maximum Gasteiger partial charge on any atom is 2.00 e. The zero-order chi connectivity index (χ0) is 47.6. The molecule has 0 amide bonds. The first-order valence-electron chi connectivity index (χ1n) is 14.8. The molecule has 341 valence electrons. The molecule has 1 radical (unpaired) electrons. The average Bonchev–Trinajstić information content (AvgIpc) is 2.93. The van der Waals surface area contributed by atoms with Crippen LogP contribution in [0.25, 0.3) is 0 Å². The van der Waals surface area contributed by atoms with Crippen LogP contribution in [0.3, 0.4) is 0 Å². The molecular formula is C30H33EuF21O6+2. The number of rotatable bonds is 12. The molecule has 0 saturated carbocycles. The Morgan fingerprint density at radius 3 is 0.483 bits per heavy atom. The van der Waals surface area contributed by atoms with Gasteiger partial charge in [0.25, 0.3) is 0 Å². The molecule has 0 aromatic heterocycles. The molecule has 0 fully saturated rings. The van der Waals surface area contributed by atoms with Crippen molar-refractivity contribution in [3.8, 4) is 0 Å². The Hall–Kier alpha value is -1.87. The Bertz CT molecular complexity index is 1310. The molecule has 0 atom stereocenters. The van der Waals surface area contributed by atoms with E-state index in [1.807, 2.05) is 0 Å². The first-order chi connectivity index (χ1) is 24.1. The maximum atomic E-state index is 12.9. The second-order valence-corrected chi connectivity index (χ2v) is 14.8. The van der Waals surface area contributed by atoms with Gasteiger partial charge in [-0.15, -0.1) is 0 Å². The van der Waals surface area contributed by atoms with Gasteiger partial charge in [-0.2, -0.15) is 92.2 Å². The van der Waals surface area contributed by atoms with Gasteiger partial charge in [-0.05, 0) is 0 Å². The van der Waals surface area contributed by atoms with Crippen molar-refractivity contribution in [2.24, 2.45) is 16.2 Å². The second-order valence-electron chi connectivity index (χ2n) is 14.8. The Morgan fingerprint density at radius 2 is 0.397 bits per heavy atom. The van der Waals surface area contributed by atoms with Crippen molar-refractivity contribution in [1.82, 2.24) is 0 Å². The van der Waals surface area contributed by atoms with E-state index in [0.29, 0.717) is 0 Å². The van der Waals surface area contributed by atoms with Crippen LogP contribution in [0.15, 0.2) is 0 Å². The van der Waals surface area contributed by atoms with E-state index in [1.54, 1.807) is 0 Å². The molecule has 0 rings (SSSR count). The van der Waals surface area contributed by atoms with E-state index in [0.717, 1.165) is 0 Å². The zero-order valence-corrected chi connectivity index (χ0v) is 33.3. The molecule has 0 N–H and O–H groups in total. The van der Waals surface area contributed by atoms with E-state index in [-0.39, 0.29) is 49.4 Å². The Morgan fingerprint density at radius 1 is 0.276 bits per heavy atom. The van der Waals surface area contributed by atoms with E-state index >= 15 is 0 Å². The van der Waals surface area contributed by atoms with Crippen LogP contribution in [0, 0.1) is 65.6 Å². The summed E-state index contributed by atoms with van der Waals surface area (Å²) in [5.41, 5.74) is -3.92. The number of carbonyl (C=O) groups is 6. The monoisotopic (exact) mass is 1040 g/mol. The van der Waals surface area contributed by atoms with Gasteiger partial charge < -0.3 is 0 Å². The van der Waals surface area contributed by atoms with Gasteiger partial charge in [0.1, 0.15) is 17.3 Å². The molecule has 0 bridgehead atoms. The molecule has 0 spiro atoms. The quantitative estimate of drug-likeness (QED) is 0.143. The minimum atomic E-state index is -6.59. The van der Waals surface area contributed by atoms with Crippen LogP contribution < -0.4 is 0 Å². The van der Waals surface area contributed by atoms with E-state index in [9.17, 15) is 121 Å². The standard InChI is InChI=1S/3C10H11F7O2.Eu/c3*1-7(2,3)5(18)4-6(19)8(11,12)9(13,14)10(15,16)17;/h3*4H2,1-3H3;/q;;;+2. The molecule has 0 unspecified atom stereocenters. The summed E-state index contributed by atoms with van der Waals surface area (Å²) in [5, 5.41) is 0. The minimum absolute atomic E-state index is 0. The van der Waals surface area contributed by atoms with Crippen molar-refractivity contribution in [3.05, 3.63) is 0 Å². The summed E-state index contributed by atoms with van der Waals surface area (Å²) in [4.78, 5) is 66.2. The first kappa shape index (κ1) is 62.8. The van der Waals surface area contributed by atoms with E-state index in [4.69, 9.17) is 0 Å². The van der Waals surface area contributed by atoms with Crippen molar-refractivity contribution in [2.75, 3.05) is 0 Å². The number of hydrogen-bond donors (Lipinski definition) is 0. The van der Waals surface area contributed by atoms with Crippen LogP contribution in [-0.4, -0.2) is 88.8 Å². The van der Waals surface area contributed by atoms with Gasteiger partial charge in [0.05, 0.1) is 19.3 Å². The molecule has 0 aliphatic heterocycles. The molecule has 0 aliphatic rings. The van der Waals surface area contributed by atoms with E-state index < -0.39 is 124 Å². The van der Waals surface area contributed by atoms with E-state index in [2.05, 4.69) is 0 Å². The van der Waals surface area contributed by atoms with Gasteiger partial charge in [-0.25, -0.2) is 0 Å². The van der Waals surface area contributed by atoms with Crippen LogP contribution in [0.5, 0.6) is 0 Å². The minimum Gasteiger partial charge on any atom is -0.299 e. The smallest absolute Gasteiger partial charge is 0.299 e. The normalized spacial score (nSPS) is 14.2. The fraction of sp³-hybridized carbons (Fsp3) is 0.800. The van der Waals surface area contributed by atoms with Gasteiger partial charge in [0.15, 0.2) is 0 Å². The van der Waals surface area contributed by atoms with Crippen molar-refractivity contribution < 1.29 is 170 Å². The van der Waals surface area contributed by atoms with E-state index in [1.165, 1.54) is 62.3 Å².